The number of aromatic nitrogens is 1. The molecule has 1 aromatic heterocycles. The van der Waals surface area contributed by atoms with E-state index in [9.17, 15) is 9.90 Å². The van der Waals surface area contributed by atoms with Gasteiger partial charge in [0.15, 0.2) is 5.69 Å². The second kappa shape index (κ2) is 3.93. The molecule has 1 fully saturated rings. The van der Waals surface area contributed by atoms with Gasteiger partial charge in [-0.05, 0) is 12.8 Å². The molecule has 2 aliphatic rings. The first kappa shape index (κ1) is 11.4. The standard InChI is InChI=1S/C13H19N3O2/c1-16-7-9-10(11(16)12(17)18)15-13(8-14-9)5-3-2-4-6-13/h7,14-15H,2-6,8H2,1H3,(H,17,18). The molecule has 1 saturated carbocycles. The van der Waals surface area contributed by atoms with Gasteiger partial charge in [0.1, 0.15) is 0 Å². The van der Waals surface area contributed by atoms with E-state index in [4.69, 9.17) is 0 Å². The number of hydrogen-bond acceptors (Lipinski definition) is 3. The molecule has 1 aromatic rings. The Morgan fingerprint density at radius 1 is 1.39 bits per heavy atom. The lowest BCUT2D eigenvalue weighted by molar-refractivity contribution is 0.0687. The van der Waals surface area contributed by atoms with Crippen molar-refractivity contribution in [2.45, 2.75) is 37.6 Å². The molecule has 18 heavy (non-hydrogen) atoms. The zero-order chi connectivity index (χ0) is 12.8. The lowest BCUT2D eigenvalue weighted by Crippen LogP contribution is -2.49. The number of aryl methyl sites for hydroxylation is 1. The molecule has 0 bridgehead atoms. The van der Waals surface area contributed by atoms with E-state index < -0.39 is 5.97 Å². The van der Waals surface area contributed by atoms with Gasteiger partial charge < -0.3 is 20.3 Å². The summed E-state index contributed by atoms with van der Waals surface area (Å²) in [4.78, 5) is 11.3. The molecule has 5 heteroatoms. The van der Waals surface area contributed by atoms with Crippen molar-refractivity contribution in [3.63, 3.8) is 0 Å². The molecule has 1 aliphatic heterocycles. The van der Waals surface area contributed by atoms with Crippen LogP contribution in [0, 0.1) is 0 Å². The van der Waals surface area contributed by atoms with E-state index in [0.717, 1.165) is 30.8 Å². The molecule has 3 rings (SSSR count). The van der Waals surface area contributed by atoms with Gasteiger partial charge in [-0.25, -0.2) is 4.79 Å². The average molecular weight is 249 g/mol. The van der Waals surface area contributed by atoms with Crippen molar-refractivity contribution in [1.29, 1.82) is 0 Å². The van der Waals surface area contributed by atoms with Crippen molar-refractivity contribution in [3.05, 3.63) is 11.9 Å². The molecule has 98 valence electrons. The van der Waals surface area contributed by atoms with Crippen LogP contribution in [0.5, 0.6) is 0 Å². The predicted molar refractivity (Wildman–Crippen MR) is 70.3 cm³/mol. The monoisotopic (exact) mass is 249 g/mol. The largest absolute Gasteiger partial charge is 0.477 e. The quantitative estimate of drug-likeness (QED) is 0.714. The van der Waals surface area contributed by atoms with Crippen LogP contribution in [-0.2, 0) is 7.05 Å². The molecule has 1 aliphatic carbocycles. The third-order valence-electron chi connectivity index (χ3n) is 4.20. The van der Waals surface area contributed by atoms with E-state index in [2.05, 4.69) is 10.6 Å². The molecule has 1 spiro atoms. The van der Waals surface area contributed by atoms with Gasteiger partial charge in [0.05, 0.1) is 16.9 Å². The van der Waals surface area contributed by atoms with Gasteiger partial charge in [0, 0.05) is 19.8 Å². The van der Waals surface area contributed by atoms with Crippen molar-refractivity contribution in [3.8, 4) is 0 Å². The lowest BCUT2D eigenvalue weighted by atomic mass is 9.80. The van der Waals surface area contributed by atoms with Gasteiger partial charge in [-0.15, -0.1) is 0 Å². The number of rotatable bonds is 1. The van der Waals surface area contributed by atoms with Crippen LogP contribution >= 0.6 is 0 Å². The van der Waals surface area contributed by atoms with Crippen LogP contribution in [0.4, 0.5) is 11.4 Å². The zero-order valence-electron chi connectivity index (χ0n) is 10.6. The minimum Gasteiger partial charge on any atom is -0.477 e. The number of aromatic carboxylic acids is 1. The molecule has 3 N–H and O–H groups in total. The first-order valence-corrected chi connectivity index (χ1v) is 6.56. The molecule has 0 radical (unpaired) electrons. The van der Waals surface area contributed by atoms with E-state index in [-0.39, 0.29) is 5.54 Å². The lowest BCUT2D eigenvalue weighted by Gasteiger charge is -2.42. The summed E-state index contributed by atoms with van der Waals surface area (Å²) in [6.07, 6.45) is 7.82. The molecule has 0 atom stereocenters. The Bertz CT molecular complexity index is 487. The number of carboxylic acids is 1. The van der Waals surface area contributed by atoms with Gasteiger partial charge in [0.25, 0.3) is 0 Å². The van der Waals surface area contributed by atoms with Crippen molar-refractivity contribution in [2.75, 3.05) is 17.2 Å². The summed E-state index contributed by atoms with van der Waals surface area (Å²) in [6.45, 7) is 0.892. The molecule has 0 amide bonds. The van der Waals surface area contributed by atoms with Crippen LogP contribution in [0.2, 0.25) is 0 Å². The SMILES string of the molecule is Cn1cc2c(c1C(=O)O)NC1(CCCCC1)CN2. The predicted octanol–water partition coefficient (Wildman–Crippen LogP) is 2.26. The average Bonchev–Trinajstić information content (AvgIpc) is 2.65. The van der Waals surface area contributed by atoms with Gasteiger partial charge >= 0.3 is 5.97 Å². The Morgan fingerprint density at radius 2 is 2.11 bits per heavy atom. The first-order chi connectivity index (χ1) is 8.61. The number of fused-ring (bicyclic) bond motifs is 1. The highest BCUT2D eigenvalue weighted by Gasteiger charge is 2.37. The third-order valence-corrected chi connectivity index (χ3v) is 4.20. The third kappa shape index (κ3) is 1.65. The molecule has 2 heterocycles. The Balaban J connectivity index is 1.98. The van der Waals surface area contributed by atoms with Crippen LogP contribution in [-0.4, -0.2) is 27.7 Å². The Kier molecular flexibility index (Phi) is 2.50. The summed E-state index contributed by atoms with van der Waals surface area (Å²) in [5.74, 6) is -0.874. The summed E-state index contributed by atoms with van der Waals surface area (Å²) in [6, 6.07) is 0. The van der Waals surface area contributed by atoms with E-state index in [1.165, 1.54) is 19.3 Å². The van der Waals surface area contributed by atoms with Gasteiger partial charge in [-0.1, -0.05) is 19.3 Å². The summed E-state index contributed by atoms with van der Waals surface area (Å²) in [7, 11) is 1.78. The van der Waals surface area contributed by atoms with Crippen molar-refractivity contribution in [1.82, 2.24) is 4.57 Å². The number of anilines is 2. The highest BCUT2D eigenvalue weighted by molar-refractivity contribution is 5.97. The maximum Gasteiger partial charge on any atom is 0.354 e. The molecule has 0 aromatic carbocycles. The Labute approximate surface area is 106 Å². The molecular formula is C13H19N3O2. The van der Waals surface area contributed by atoms with E-state index in [1.807, 2.05) is 6.20 Å². The van der Waals surface area contributed by atoms with Gasteiger partial charge in [0.2, 0.25) is 0 Å². The molecule has 0 saturated heterocycles. The highest BCUT2D eigenvalue weighted by Crippen LogP contribution is 2.40. The number of nitrogens with zero attached hydrogens (tertiary/aromatic N) is 1. The maximum atomic E-state index is 11.3. The second-order valence-electron chi connectivity index (χ2n) is 5.50. The van der Waals surface area contributed by atoms with Crippen molar-refractivity contribution >= 4 is 17.3 Å². The fourth-order valence-electron chi connectivity index (χ4n) is 3.25. The zero-order valence-corrected chi connectivity index (χ0v) is 10.6. The highest BCUT2D eigenvalue weighted by atomic mass is 16.4. The van der Waals surface area contributed by atoms with Crippen LogP contribution < -0.4 is 10.6 Å². The van der Waals surface area contributed by atoms with Crippen LogP contribution in [0.25, 0.3) is 0 Å². The first-order valence-electron chi connectivity index (χ1n) is 6.56. The van der Waals surface area contributed by atoms with Gasteiger partial charge in [-0.2, -0.15) is 0 Å². The smallest absolute Gasteiger partial charge is 0.354 e. The van der Waals surface area contributed by atoms with E-state index in [1.54, 1.807) is 11.6 Å². The van der Waals surface area contributed by atoms with E-state index in [0.29, 0.717) is 5.69 Å². The normalized spacial score (nSPS) is 20.9. The van der Waals surface area contributed by atoms with Crippen molar-refractivity contribution in [2.24, 2.45) is 7.05 Å². The summed E-state index contributed by atoms with van der Waals surface area (Å²) in [5, 5.41) is 16.2. The number of carbonyl (C=O) groups is 1. The maximum absolute atomic E-state index is 11.3. The topological polar surface area (TPSA) is 66.3 Å². The fourth-order valence-corrected chi connectivity index (χ4v) is 3.25. The fraction of sp³-hybridized carbons (Fsp3) is 0.615. The molecule has 5 nitrogen and oxygen atoms in total. The van der Waals surface area contributed by atoms with Crippen LogP contribution in [0.3, 0.4) is 0 Å². The summed E-state index contributed by atoms with van der Waals surface area (Å²) >= 11 is 0. The van der Waals surface area contributed by atoms with Crippen LogP contribution in [0.15, 0.2) is 6.20 Å². The van der Waals surface area contributed by atoms with Crippen molar-refractivity contribution < 1.29 is 9.90 Å². The minimum atomic E-state index is -0.874. The second-order valence-corrected chi connectivity index (χ2v) is 5.50. The number of hydrogen-bond donors (Lipinski definition) is 3. The number of carboxylic acid groups (broad SMARTS) is 1. The minimum absolute atomic E-state index is 0.0524. The van der Waals surface area contributed by atoms with E-state index >= 15 is 0 Å². The molecule has 0 unspecified atom stereocenters. The Hall–Kier alpha value is -1.65. The summed E-state index contributed by atoms with van der Waals surface area (Å²) in [5.41, 5.74) is 2.07. The Morgan fingerprint density at radius 3 is 2.78 bits per heavy atom. The number of nitrogens with one attached hydrogen (secondary N) is 2. The van der Waals surface area contributed by atoms with Gasteiger partial charge in [-0.3, -0.25) is 0 Å². The molecular weight excluding hydrogens is 230 g/mol. The summed E-state index contributed by atoms with van der Waals surface area (Å²) < 4.78 is 1.68. The van der Waals surface area contributed by atoms with Crippen LogP contribution in [0.1, 0.15) is 42.6 Å².